The molecule has 1 heteroatoms. The summed E-state index contributed by atoms with van der Waals surface area (Å²) in [6.07, 6.45) is 0. The summed E-state index contributed by atoms with van der Waals surface area (Å²) in [5.41, 5.74) is 8.19. The van der Waals surface area contributed by atoms with Crippen LogP contribution in [-0.2, 0) is 0 Å². The molecular weight excluding hydrogens is 518 g/mol. The van der Waals surface area contributed by atoms with E-state index in [1.165, 1.54) is 54.6 Å². The van der Waals surface area contributed by atoms with E-state index in [4.69, 9.17) is 0 Å². The summed E-state index contributed by atoms with van der Waals surface area (Å²) in [6.45, 7) is 0. The minimum Gasteiger partial charge on any atom is -0.310 e. The number of para-hydroxylation sites is 1. The van der Waals surface area contributed by atoms with Gasteiger partial charge in [-0.05, 0) is 85.4 Å². The number of nitrogens with zero attached hydrogens (tertiary/aromatic N) is 1. The van der Waals surface area contributed by atoms with Gasteiger partial charge >= 0.3 is 0 Å². The third kappa shape index (κ3) is 4.52. The Bertz CT molecular complexity index is 2220. The van der Waals surface area contributed by atoms with E-state index < -0.39 is 0 Å². The molecule has 43 heavy (non-hydrogen) atoms. The predicted octanol–water partition coefficient (Wildman–Crippen LogP) is 11.9. The van der Waals surface area contributed by atoms with Gasteiger partial charge in [0.05, 0.1) is 5.69 Å². The SMILES string of the molecule is c1ccc(-c2ccc(N(c3ccccc3)c3ccc4c(ccc5c6ccccc6ccc45)c3)c(-c3ccccc3)c2)cc1. The van der Waals surface area contributed by atoms with Crippen LogP contribution in [0.3, 0.4) is 0 Å². The second-order valence-corrected chi connectivity index (χ2v) is 11.0. The lowest BCUT2D eigenvalue weighted by Crippen LogP contribution is -2.11. The van der Waals surface area contributed by atoms with Crippen LogP contribution in [0.25, 0.3) is 54.6 Å². The van der Waals surface area contributed by atoms with E-state index in [2.05, 4.69) is 181 Å². The minimum atomic E-state index is 1.12. The molecule has 0 saturated carbocycles. The van der Waals surface area contributed by atoms with Crippen LogP contribution in [0.4, 0.5) is 17.1 Å². The second-order valence-electron chi connectivity index (χ2n) is 11.0. The summed E-state index contributed by atoms with van der Waals surface area (Å²) < 4.78 is 0. The third-order valence-corrected chi connectivity index (χ3v) is 8.43. The largest absolute Gasteiger partial charge is 0.310 e. The summed E-state index contributed by atoms with van der Waals surface area (Å²) >= 11 is 0. The molecule has 0 aromatic heterocycles. The van der Waals surface area contributed by atoms with E-state index in [0.717, 1.165) is 17.1 Å². The smallest absolute Gasteiger partial charge is 0.0540 e. The van der Waals surface area contributed by atoms with Gasteiger partial charge in [-0.3, -0.25) is 0 Å². The maximum Gasteiger partial charge on any atom is 0.0540 e. The van der Waals surface area contributed by atoms with Gasteiger partial charge in [0.2, 0.25) is 0 Å². The van der Waals surface area contributed by atoms with E-state index in [0.29, 0.717) is 0 Å². The van der Waals surface area contributed by atoms with Gasteiger partial charge in [0, 0.05) is 16.9 Å². The molecule has 0 atom stereocenters. The Morgan fingerprint density at radius 1 is 0.302 bits per heavy atom. The highest BCUT2D eigenvalue weighted by atomic mass is 15.1. The Morgan fingerprint density at radius 3 is 1.63 bits per heavy atom. The first-order valence-electron chi connectivity index (χ1n) is 14.8. The third-order valence-electron chi connectivity index (χ3n) is 8.43. The molecule has 8 aromatic rings. The van der Waals surface area contributed by atoms with Crippen molar-refractivity contribution in [3.8, 4) is 22.3 Å². The zero-order valence-corrected chi connectivity index (χ0v) is 23.7. The first kappa shape index (κ1) is 25.1. The molecule has 0 aliphatic carbocycles. The lowest BCUT2D eigenvalue weighted by Gasteiger charge is -2.28. The minimum absolute atomic E-state index is 1.12. The van der Waals surface area contributed by atoms with Gasteiger partial charge in [-0.2, -0.15) is 0 Å². The number of hydrogen-bond donors (Lipinski definition) is 0. The number of benzene rings is 8. The van der Waals surface area contributed by atoms with Crippen LogP contribution in [-0.4, -0.2) is 0 Å². The van der Waals surface area contributed by atoms with E-state index in [-0.39, 0.29) is 0 Å². The van der Waals surface area contributed by atoms with Crippen LogP contribution in [0.2, 0.25) is 0 Å². The molecule has 1 nitrogen and oxygen atoms in total. The first-order valence-corrected chi connectivity index (χ1v) is 14.8. The molecule has 0 radical (unpaired) electrons. The Balaban J connectivity index is 1.35. The summed E-state index contributed by atoms with van der Waals surface area (Å²) in [5.74, 6) is 0. The van der Waals surface area contributed by atoms with Crippen molar-refractivity contribution >= 4 is 49.4 Å². The molecule has 0 aliphatic heterocycles. The number of anilines is 3. The molecule has 0 bridgehead atoms. The van der Waals surface area contributed by atoms with Gasteiger partial charge in [-0.15, -0.1) is 0 Å². The summed E-state index contributed by atoms with van der Waals surface area (Å²) in [7, 11) is 0. The number of fused-ring (bicyclic) bond motifs is 5. The van der Waals surface area contributed by atoms with Crippen LogP contribution in [0.1, 0.15) is 0 Å². The fourth-order valence-electron chi connectivity index (χ4n) is 6.35. The van der Waals surface area contributed by atoms with Crippen LogP contribution < -0.4 is 4.90 Å². The average Bonchev–Trinajstić information content (AvgIpc) is 3.09. The molecule has 0 N–H and O–H groups in total. The first-order chi connectivity index (χ1) is 21.3. The lowest BCUT2D eigenvalue weighted by molar-refractivity contribution is 1.29. The van der Waals surface area contributed by atoms with Gasteiger partial charge in [0.25, 0.3) is 0 Å². The molecule has 0 heterocycles. The zero-order chi connectivity index (χ0) is 28.6. The average molecular weight is 548 g/mol. The molecule has 0 saturated heterocycles. The zero-order valence-electron chi connectivity index (χ0n) is 23.7. The predicted molar refractivity (Wildman–Crippen MR) is 185 cm³/mol. The fraction of sp³-hybridized carbons (Fsp3) is 0. The highest BCUT2D eigenvalue weighted by Gasteiger charge is 2.19. The quantitative estimate of drug-likeness (QED) is 0.194. The molecule has 0 spiro atoms. The molecule has 202 valence electrons. The maximum atomic E-state index is 2.39. The van der Waals surface area contributed by atoms with Crippen LogP contribution >= 0.6 is 0 Å². The van der Waals surface area contributed by atoms with Crippen molar-refractivity contribution in [1.82, 2.24) is 0 Å². The topological polar surface area (TPSA) is 3.24 Å². The number of rotatable bonds is 5. The van der Waals surface area contributed by atoms with E-state index >= 15 is 0 Å². The van der Waals surface area contributed by atoms with Crippen LogP contribution in [0.5, 0.6) is 0 Å². The van der Waals surface area contributed by atoms with E-state index in [1.54, 1.807) is 0 Å². The monoisotopic (exact) mass is 547 g/mol. The highest BCUT2D eigenvalue weighted by Crippen LogP contribution is 2.43. The molecule has 8 rings (SSSR count). The molecule has 0 fully saturated rings. The second kappa shape index (κ2) is 10.6. The summed E-state index contributed by atoms with van der Waals surface area (Å²) in [5, 5.41) is 7.63. The Labute approximate surface area is 251 Å². The maximum absolute atomic E-state index is 2.39. The van der Waals surface area contributed by atoms with Gasteiger partial charge in [0.1, 0.15) is 0 Å². The van der Waals surface area contributed by atoms with Crippen molar-refractivity contribution < 1.29 is 0 Å². The van der Waals surface area contributed by atoms with Gasteiger partial charge in [-0.25, -0.2) is 0 Å². The van der Waals surface area contributed by atoms with Crippen molar-refractivity contribution in [2.24, 2.45) is 0 Å². The van der Waals surface area contributed by atoms with Crippen molar-refractivity contribution in [3.63, 3.8) is 0 Å². The number of hydrogen-bond acceptors (Lipinski definition) is 1. The Kier molecular flexibility index (Phi) is 6.20. The van der Waals surface area contributed by atoms with Crippen LogP contribution in [0.15, 0.2) is 176 Å². The lowest BCUT2D eigenvalue weighted by atomic mass is 9.95. The molecular formula is C42H29N. The van der Waals surface area contributed by atoms with Gasteiger partial charge in [-0.1, -0.05) is 140 Å². The van der Waals surface area contributed by atoms with Crippen molar-refractivity contribution in [2.45, 2.75) is 0 Å². The normalized spacial score (nSPS) is 11.3. The van der Waals surface area contributed by atoms with E-state index in [9.17, 15) is 0 Å². The van der Waals surface area contributed by atoms with Crippen LogP contribution in [0, 0.1) is 0 Å². The van der Waals surface area contributed by atoms with Gasteiger partial charge in [0.15, 0.2) is 0 Å². The molecule has 8 aromatic carbocycles. The molecule has 0 aliphatic rings. The standard InChI is InChI=1S/C42H29N/c1-4-12-30(13-5-1)33-22-27-42(41(29-33)31-14-6-2-7-15-31)43(35-17-8-3-9-18-35)36-23-26-38-34(28-36)21-25-39-37-19-11-10-16-32(37)20-24-40(38)39/h1-29H. The summed E-state index contributed by atoms with van der Waals surface area (Å²) in [4.78, 5) is 2.39. The molecule has 0 unspecified atom stereocenters. The Hall–Kier alpha value is -5.66. The summed E-state index contributed by atoms with van der Waals surface area (Å²) in [6, 6.07) is 63.5. The van der Waals surface area contributed by atoms with Crippen molar-refractivity contribution in [1.29, 1.82) is 0 Å². The van der Waals surface area contributed by atoms with Crippen molar-refractivity contribution in [3.05, 3.63) is 176 Å². The highest BCUT2D eigenvalue weighted by molar-refractivity contribution is 6.17. The fourth-order valence-corrected chi connectivity index (χ4v) is 6.35. The van der Waals surface area contributed by atoms with Gasteiger partial charge < -0.3 is 4.90 Å². The Morgan fingerprint density at radius 2 is 0.884 bits per heavy atom. The molecule has 0 amide bonds. The van der Waals surface area contributed by atoms with E-state index in [1.807, 2.05) is 0 Å². The van der Waals surface area contributed by atoms with Crippen molar-refractivity contribution in [2.75, 3.05) is 4.90 Å².